The lowest BCUT2D eigenvalue weighted by molar-refractivity contribution is -0.0498. The summed E-state index contributed by atoms with van der Waals surface area (Å²) in [6.45, 7) is -0.839. The van der Waals surface area contributed by atoms with Gasteiger partial charge in [-0.1, -0.05) is 24.3 Å². The topological polar surface area (TPSA) is 41.6 Å². The smallest absolute Gasteiger partial charge is 0.387 e. The molecule has 2 amide bonds. The van der Waals surface area contributed by atoms with Crippen LogP contribution in [0.4, 0.5) is 18.0 Å². The average Bonchev–Trinajstić information content (AvgIpc) is 2.54. The van der Waals surface area contributed by atoms with E-state index in [0.29, 0.717) is 5.56 Å². The van der Waals surface area contributed by atoms with Gasteiger partial charge in [-0.2, -0.15) is 8.78 Å². The number of halogens is 3. The van der Waals surface area contributed by atoms with Crippen molar-refractivity contribution in [3.63, 3.8) is 0 Å². The molecule has 0 heterocycles. The van der Waals surface area contributed by atoms with Crippen molar-refractivity contribution in [2.24, 2.45) is 0 Å². The number of urea groups is 1. The van der Waals surface area contributed by atoms with Crippen molar-refractivity contribution in [3.05, 3.63) is 65.5 Å². The molecule has 0 bridgehead atoms. The second kappa shape index (κ2) is 8.41. The quantitative estimate of drug-likeness (QED) is 0.841. The van der Waals surface area contributed by atoms with E-state index in [0.717, 1.165) is 5.56 Å². The maximum absolute atomic E-state index is 13.2. The van der Waals surface area contributed by atoms with Crippen molar-refractivity contribution in [3.8, 4) is 5.75 Å². The summed E-state index contributed by atoms with van der Waals surface area (Å²) in [5.74, 6) is -0.300. The molecule has 1 atom stereocenters. The molecule has 0 fully saturated rings. The molecule has 0 aromatic heterocycles. The third-order valence-electron chi connectivity index (χ3n) is 3.60. The fourth-order valence-electron chi connectivity index (χ4n) is 2.30. The molecule has 0 spiro atoms. The van der Waals surface area contributed by atoms with Crippen LogP contribution in [-0.2, 0) is 6.54 Å². The summed E-state index contributed by atoms with van der Waals surface area (Å²) in [4.78, 5) is 13.7. The van der Waals surface area contributed by atoms with Gasteiger partial charge >= 0.3 is 12.6 Å². The molecule has 0 aliphatic rings. The predicted octanol–water partition coefficient (Wildman–Crippen LogP) is 4.33. The van der Waals surface area contributed by atoms with Crippen molar-refractivity contribution in [2.75, 3.05) is 7.05 Å². The highest BCUT2D eigenvalue weighted by Crippen LogP contribution is 2.19. The molecule has 25 heavy (non-hydrogen) atoms. The average molecular weight is 352 g/mol. The number of benzene rings is 2. The zero-order valence-corrected chi connectivity index (χ0v) is 13.9. The van der Waals surface area contributed by atoms with Gasteiger partial charge in [0.1, 0.15) is 11.6 Å². The lowest BCUT2D eigenvalue weighted by Gasteiger charge is -2.22. The fourth-order valence-corrected chi connectivity index (χ4v) is 2.30. The van der Waals surface area contributed by atoms with Gasteiger partial charge in [0.2, 0.25) is 0 Å². The van der Waals surface area contributed by atoms with E-state index in [1.807, 2.05) is 0 Å². The van der Waals surface area contributed by atoms with E-state index in [4.69, 9.17) is 0 Å². The highest BCUT2D eigenvalue weighted by molar-refractivity contribution is 5.74. The lowest BCUT2D eigenvalue weighted by atomic mass is 10.1. The van der Waals surface area contributed by atoms with Crippen molar-refractivity contribution in [1.82, 2.24) is 10.2 Å². The SMILES string of the molecule is CC(NC(=O)N(C)Cc1cccc(F)c1)c1ccc(OC(F)F)cc1. The Morgan fingerprint density at radius 3 is 2.48 bits per heavy atom. The third-order valence-corrected chi connectivity index (χ3v) is 3.60. The summed E-state index contributed by atoms with van der Waals surface area (Å²) in [5.41, 5.74) is 1.42. The van der Waals surface area contributed by atoms with E-state index in [2.05, 4.69) is 10.1 Å². The minimum Gasteiger partial charge on any atom is -0.435 e. The zero-order chi connectivity index (χ0) is 18.4. The van der Waals surface area contributed by atoms with Crippen molar-refractivity contribution < 1.29 is 22.7 Å². The number of alkyl halides is 2. The van der Waals surface area contributed by atoms with Crippen LogP contribution in [0.1, 0.15) is 24.1 Å². The van der Waals surface area contributed by atoms with Gasteiger partial charge in [-0.25, -0.2) is 9.18 Å². The molecule has 0 aliphatic carbocycles. The van der Waals surface area contributed by atoms with Crippen molar-refractivity contribution >= 4 is 6.03 Å². The van der Waals surface area contributed by atoms with Gasteiger partial charge < -0.3 is 15.0 Å². The van der Waals surface area contributed by atoms with Crippen molar-refractivity contribution in [2.45, 2.75) is 26.1 Å². The third kappa shape index (κ3) is 5.70. The number of carbonyl (C=O) groups excluding carboxylic acids is 1. The van der Waals surface area contributed by atoms with Gasteiger partial charge in [-0.3, -0.25) is 0 Å². The van der Waals surface area contributed by atoms with E-state index in [-0.39, 0.29) is 30.2 Å². The lowest BCUT2D eigenvalue weighted by Crippen LogP contribution is -2.38. The Morgan fingerprint density at radius 2 is 1.88 bits per heavy atom. The minimum absolute atomic E-state index is 0.0560. The van der Waals surface area contributed by atoms with Crippen LogP contribution in [0, 0.1) is 5.82 Å². The molecule has 2 aromatic rings. The number of hydrogen-bond donors (Lipinski definition) is 1. The summed E-state index contributed by atoms with van der Waals surface area (Å²) in [5, 5.41) is 2.80. The zero-order valence-electron chi connectivity index (χ0n) is 13.9. The molecular formula is C18H19F3N2O2. The number of ether oxygens (including phenoxy) is 1. The van der Waals surface area contributed by atoms with E-state index in [1.54, 1.807) is 38.2 Å². The molecule has 1 unspecified atom stereocenters. The van der Waals surface area contributed by atoms with E-state index in [9.17, 15) is 18.0 Å². The second-order valence-corrected chi connectivity index (χ2v) is 5.60. The van der Waals surface area contributed by atoms with Crippen LogP contribution in [0.15, 0.2) is 48.5 Å². The van der Waals surface area contributed by atoms with Crippen LogP contribution < -0.4 is 10.1 Å². The first-order valence-corrected chi connectivity index (χ1v) is 7.66. The Bertz CT molecular complexity index is 708. The first-order valence-electron chi connectivity index (χ1n) is 7.66. The summed E-state index contributed by atoms with van der Waals surface area (Å²) >= 11 is 0. The number of hydrogen-bond acceptors (Lipinski definition) is 2. The molecule has 134 valence electrons. The molecule has 1 N–H and O–H groups in total. The second-order valence-electron chi connectivity index (χ2n) is 5.60. The van der Waals surface area contributed by atoms with Gasteiger partial charge in [0.05, 0.1) is 6.04 Å². The highest BCUT2D eigenvalue weighted by atomic mass is 19.3. The van der Waals surface area contributed by atoms with Gasteiger partial charge in [0, 0.05) is 13.6 Å². The number of nitrogens with one attached hydrogen (secondary N) is 1. The number of rotatable bonds is 6. The molecule has 7 heteroatoms. The number of nitrogens with zero attached hydrogens (tertiary/aromatic N) is 1. The molecule has 0 saturated heterocycles. The van der Waals surface area contributed by atoms with Gasteiger partial charge in [-0.05, 0) is 42.3 Å². The predicted molar refractivity (Wildman–Crippen MR) is 87.9 cm³/mol. The maximum Gasteiger partial charge on any atom is 0.387 e. The Balaban J connectivity index is 1.92. The van der Waals surface area contributed by atoms with E-state index in [1.165, 1.54) is 29.2 Å². The number of amides is 2. The summed E-state index contributed by atoms with van der Waals surface area (Å²) in [6, 6.07) is 11.4. The van der Waals surface area contributed by atoms with E-state index >= 15 is 0 Å². The molecule has 0 saturated carbocycles. The molecule has 0 aliphatic heterocycles. The Labute approximate surface area is 144 Å². The first-order chi connectivity index (χ1) is 11.8. The number of carbonyl (C=O) groups is 1. The van der Waals surface area contributed by atoms with Gasteiger partial charge in [0.25, 0.3) is 0 Å². The fraction of sp³-hybridized carbons (Fsp3) is 0.278. The van der Waals surface area contributed by atoms with Crippen LogP contribution >= 0.6 is 0 Å². The first kappa shape index (κ1) is 18.6. The van der Waals surface area contributed by atoms with Crippen LogP contribution in [0.5, 0.6) is 5.75 Å². The molecule has 2 rings (SSSR count). The van der Waals surface area contributed by atoms with Crippen LogP contribution in [0.25, 0.3) is 0 Å². The van der Waals surface area contributed by atoms with Crippen LogP contribution in [-0.4, -0.2) is 24.6 Å². The molecule has 2 aromatic carbocycles. The molecular weight excluding hydrogens is 333 g/mol. The van der Waals surface area contributed by atoms with Gasteiger partial charge in [0.15, 0.2) is 0 Å². The maximum atomic E-state index is 13.2. The Morgan fingerprint density at radius 1 is 1.20 bits per heavy atom. The monoisotopic (exact) mass is 352 g/mol. The standard InChI is InChI=1S/C18H19F3N2O2/c1-12(14-6-8-16(9-7-14)25-17(20)21)22-18(24)23(2)11-13-4-3-5-15(19)10-13/h3-10,12,17H,11H2,1-2H3,(H,22,24). The van der Waals surface area contributed by atoms with Crippen LogP contribution in [0.2, 0.25) is 0 Å². The normalized spacial score (nSPS) is 11.9. The van der Waals surface area contributed by atoms with Crippen molar-refractivity contribution in [1.29, 1.82) is 0 Å². The summed E-state index contributed by atoms with van der Waals surface area (Å²) in [6.07, 6.45) is 0. The largest absolute Gasteiger partial charge is 0.435 e. The molecule has 0 radical (unpaired) electrons. The minimum atomic E-state index is -2.88. The van der Waals surface area contributed by atoms with Crippen LogP contribution in [0.3, 0.4) is 0 Å². The summed E-state index contributed by atoms with van der Waals surface area (Å²) in [7, 11) is 1.60. The Kier molecular flexibility index (Phi) is 6.27. The Hall–Kier alpha value is -2.70. The molecule has 4 nitrogen and oxygen atoms in total. The summed E-state index contributed by atoms with van der Waals surface area (Å²) < 4.78 is 41.7. The van der Waals surface area contributed by atoms with E-state index < -0.39 is 6.61 Å². The highest BCUT2D eigenvalue weighted by Gasteiger charge is 2.14. The van der Waals surface area contributed by atoms with Gasteiger partial charge in [-0.15, -0.1) is 0 Å².